The SMILES string of the molecule is CS(=O)CCCNC(=O)c1cccc(=O)[nH]1. The summed E-state index contributed by atoms with van der Waals surface area (Å²) < 4.78 is 10.8. The average molecular weight is 242 g/mol. The summed E-state index contributed by atoms with van der Waals surface area (Å²) in [6.45, 7) is 0.454. The smallest absolute Gasteiger partial charge is 0.267 e. The van der Waals surface area contributed by atoms with E-state index in [-0.39, 0.29) is 17.2 Å². The van der Waals surface area contributed by atoms with Crippen LogP contribution in [0.3, 0.4) is 0 Å². The third-order valence-corrected chi connectivity index (χ3v) is 2.77. The largest absolute Gasteiger partial charge is 0.351 e. The van der Waals surface area contributed by atoms with Crippen LogP contribution >= 0.6 is 0 Å². The van der Waals surface area contributed by atoms with Crippen LogP contribution in [0.1, 0.15) is 16.9 Å². The molecule has 1 aromatic heterocycles. The van der Waals surface area contributed by atoms with Crippen molar-refractivity contribution in [3.8, 4) is 0 Å². The van der Waals surface area contributed by atoms with Crippen LogP contribution in [0.5, 0.6) is 0 Å². The number of carbonyl (C=O) groups excluding carboxylic acids is 1. The molecule has 1 amide bonds. The number of hydrogen-bond donors (Lipinski definition) is 2. The molecule has 0 bridgehead atoms. The molecule has 88 valence electrons. The van der Waals surface area contributed by atoms with E-state index in [4.69, 9.17) is 0 Å². The topological polar surface area (TPSA) is 79.0 Å². The summed E-state index contributed by atoms with van der Waals surface area (Å²) in [5.41, 5.74) is -0.0626. The van der Waals surface area contributed by atoms with Gasteiger partial charge in [0.05, 0.1) is 0 Å². The lowest BCUT2D eigenvalue weighted by molar-refractivity contribution is 0.0948. The first kappa shape index (κ1) is 12.6. The highest BCUT2D eigenvalue weighted by Gasteiger charge is 2.04. The van der Waals surface area contributed by atoms with Crippen LogP contribution in [-0.4, -0.2) is 33.7 Å². The van der Waals surface area contributed by atoms with Crippen LogP contribution < -0.4 is 10.9 Å². The summed E-state index contributed by atoms with van der Waals surface area (Å²) in [6, 6.07) is 4.40. The molecule has 1 atom stereocenters. The Hall–Kier alpha value is -1.43. The Bertz CT molecular complexity index is 442. The minimum absolute atomic E-state index is 0.241. The van der Waals surface area contributed by atoms with Crippen molar-refractivity contribution in [1.29, 1.82) is 0 Å². The summed E-state index contributed by atoms with van der Waals surface area (Å²) in [4.78, 5) is 24.9. The third kappa shape index (κ3) is 4.39. The van der Waals surface area contributed by atoms with Gasteiger partial charge in [-0.15, -0.1) is 0 Å². The van der Waals surface area contributed by atoms with Gasteiger partial charge in [0.15, 0.2) is 0 Å². The Morgan fingerprint density at radius 1 is 1.50 bits per heavy atom. The second-order valence-electron chi connectivity index (χ2n) is 3.32. The maximum absolute atomic E-state index is 11.5. The zero-order valence-corrected chi connectivity index (χ0v) is 9.80. The van der Waals surface area contributed by atoms with Crippen molar-refractivity contribution >= 4 is 16.7 Å². The first-order chi connectivity index (χ1) is 7.59. The lowest BCUT2D eigenvalue weighted by Crippen LogP contribution is -2.27. The Morgan fingerprint density at radius 3 is 2.88 bits per heavy atom. The first-order valence-corrected chi connectivity index (χ1v) is 6.60. The summed E-state index contributed by atoms with van der Waals surface area (Å²) >= 11 is 0. The fourth-order valence-electron chi connectivity index (χ4n) is 1.15. The summed E-state index contributed by atoms with van der Waals surface area (Å²) in [5.74, 6) is 0.241. The van der Waals surface area contributed by atoms with Crippen molar-refractivity contribution in [2.24, 2.45) is 0 Å². The number of H-pyrrole nitrogens is 1. The molecule has 0 spiro atoms. The maximum atomic E-state index is 11.5. The number of pyridine rings is 1. The quantitative estimate of drug-likeness (QED) is 0.706. The molecule has 1 rings (SSSR count). The second-order valence-corrected chi connectivity index (χ2v) is 4.87. The molecule has 2 N–H and O–H groups in total. The molecule has 0 saturated carbocycles. The number of aromatic amines is 1. The third-order valence-electron chi connectivity index (χ3n) is 1.91. The number of hydrogen-bond acceptors (Lipinski definition) is 3. The Balaban J connectivity index is 2.41. The fourth-order valence-corrected chi connectivity index (χ4v) is 1.70. The average Bonchev–Trinajstić information content (AvgIpc) is 2.24. The highest BCUT2D eigenvalue weighted by Crippen LogP contribution is 1.90. The van der Waals surface area contributed by atoms with Crippen LogP contribution in [0.4, 0.5) is 0 Å². The minimum atomic E-state index is -0.838. The van der Waals surface area contributed by atoms with E-state index in [1.54, 1.807) is 6.26 Å². The van der Waals surface area contributed by atoms with Crippen molar-refractivity contribution in [2.75, 3.05) is 18.6 Å². The Morgan fingerprint density at radius 2 is 2.25 bits per heavy atom. The normalized spacial score (nSPS) is 12.1. The molecule has 0 aromatic carbocycles. The molecule has 6 heteroatoms. The van der Waals surface area contributed by atoms with Gasteiger partial charge in [-0.1, -0.05) is 6.07 Å². The van der Waals surface area contributed by atoms with E-state index < -0.39 is 10.8 Å². The Kier molecular flexibility index (Phi) is 4.91. The van der Waals surface area contributed by atoms with E-state index in [1.807, 2.05) is 0 Å². The van der Waals surface area contributed by atoms with Gasteiger partial charge in [-0.25, -0.2) is 0 Å². The van der Waals surface area contributed by atoms with Crippen LogP contribution in [0, 0.1) is 0 Å². The summed E-state index contributed by atoms with van der Waals surface area (Å²) in [7, 11) is -0.838. The fraction of sp³-hybridized carbons (Fsp3) is 0.400. The van der Waals surface area contributed by atoms with E-state index in [0.717, 1.165) is 0 Å². The van der Waals surface area contributed by atoms with Gasteiger partial charge in [0.1, 0.15) is 5.69 Å². The van der Waals surface area contributed by atoms with Gasteiger partial charge in [-0.05, 0) is 12.5 Å². The summed E-state index contributed by atoms with van der Waals surface area (Å²) in [5, 5.41) is 2.64. The minimum Gasteiger partial charge on any atom is -0.351 e. The van der Waals surface area contributed by atoms with Crippen LogP contribution in [0.25, 0.3) is 0 Å². The zero-order chi connectivity index (χ0) is 12.0. The molecule has 0 aliphatic rings. The van der Waals surface area contributed by atoms with Gasteiger partial charge in [0.25, 0.3) is 5.91 Å². The molecule has 0 fully saturated rings. The Labute approximate surface area is 95.7 Å². The lowest BCUT2D eigenvalue weighted by atomic mass is 10.3. The number of aromatic nitrogens is 1. The lowest BCUT2D eigenvalue weighted by Gasteiger charge is -2.03. The predicted octanol–water partition coefficient (Wildman–Crippen LogP) is -0.127. The number of rotatable bonds is 5. The van der Waals surface area contributed by atoms with Gasteiger partial charge < -0.3 is 10.3 Å². The van der Waals surface area contributed by atoms with Gasteiger partial charge in [-0.3, -0.25) is 13.8 Å². The standard InChI is InChI=1S/C10H14N2O3S/c1-16(15)7-3-6-11-10(14)8-4-2-5-9(13)12-8/h2,4-5H,3,6-7H2,1H3,(H,11,14)(H,12,13). The van der Waals surface area contributed by atoms with E-state index in [2.05, 4.69) is 10.3 Å². The molecule has 0 aliphatic carbocycles. The number of amides is 1. The predicted molar refractivity (Wildman–Crippen MR) is 62.9 cm³/mol. The van der Waals surface area contributed by atoms with Crippen molar-refractivity contribution < 1.29 is 9.00 Å². The second kappa shape index (κ2) is 6.22. The van der Waals surface area contributed by atoms with E-state index >= 15 is 0 Å². The van der Waals surface area contributed by atoms with Crippen LogP contribution in [0.2, 0.25) is 0 Å². The van der Waals surface area contributed by atoms with E-state index in [1.165, 1.54) is 18.2 Å². The molecule has 0 saturated heterocycles. The highest BCUT2D eigenvalue weighted by molar-refractivity contribution is 7.84. The first-order valence-electron chi connectivity index (χ1n) is 4.87. The molecule has 0 aliphatic heterocycles. The van der Waals surface area contributed by atoms with Gasteiger partial charge >= 0.3 is 0 Å². The van der Waals surface area contributed by atoms with Crippen LogP contribution in [-0.2, 0) is 10.8 Å². The summed E-state index contributed by atoms with van der Waals surface area (Å²) in [6.07, 6.45) is 2.28. The molecule has 5 nitrogen and oxygen atoms in total. The van der Waals surface area contributed by atoms with Gasteiger partial charge in [0.2, 0.25) is 5.56 Å². The molecular formula is C10H14N2O3S. The van der Waals surface area contributed by atoms with E-state index in [0.29, 0.717) is 18.7 Å². The maximum Gasteiger partial charge on any atom is 0.267 e. The molecule has 0 radical (unpaired) electrons. The zero-order valence-electron chi connectivity index (χ0n) is 8.99. The monoisotopic (exact) mass is 242 g/mol. The van der Waals surface area contributed by atoms with Crippen LogP contribution in [0.15, 0.2) is 23.0 Å². The van der Waals surface area contributed by atoms with Crippen molar-refractivity contribution in [3.63, 3.8) is 0 Å². The highest BCUT2D eigenvalue weighted by atomic mass is 32.2. The molecule has 1 unspecified atom stereocenters. The molecular weight excluding hydrogens is 228 g/mol. The van der Waals surface area contributed by atoms with Gasteiger partial charge in [-0.2, -0.15) is 0 Å². The van der Waals surface area contributed by atoms with Crippen molar-refractivity contribution in [3.05, 3.63) is 34.2 Å². The molecule has 1 aromatic rings. The van der Waals surface area contributed by atoms with E-state index in [9.17, 15) is 13.8 Å². The molecule has 1 heterocycles. The number of nitrogens with one attached hydrogen (secondary N) is 2. The number of carbonyl (C=O) groups is 1. The van der Waals surface area contributed by atoms with Crippen molar-refractivity contribution in [2.45, 2.75) is 6.42 Å². The van der Waals surface area contributed by atoms with Gasteiger partial charge in [0, 0.05) is 35.4 Å². The van der Waals surface area contributed by atoms with Crippen molar-refractivity contribution in [1.82, 2.24) is 10.3 Å². The molecule has 16 heavy (non-hydrogen) atoms.